The van der Waals surface area contributed by atoms with Crippen molar-refractivity contribution < 1.29 is 0 Å². The summed E-state index contributed by atoms with van der Waals surface area (Å²) in [6.45, 7) is 1.01. The number of fused-ring (bicyclic) bond motifs is 1. The maximum absolute atomic E-state index is 4.19. The van der Waals surface area contributed by atoms with E-state index in [1.54, 1.807) is 12.7 Å². The van der Waals surface area contributed by atoms with Crippen LogP contribution in [0.15, 0.2) is 12.7 Å². The van der Waals surface area contributed by atoms with Gasteiger partial charge in [-0.2, -0.15) is 0 Å². The van der Waals surface area contributed by atoms with Crippen LogP contribution in [0, 0.1) is 5.92 Å². The highest BCUT2D eigenvalue weighted by atomic mass is 15.1. The van der Waals surface area contributed by atoms with Crippen molar-refractivity contribution in [1.82, 2.24) is 19.9 Å². The summed E-state index contributed by atoms with van der Waals surface area (Å²) in [7, 11) is 0. The van der Waals surface area contributed by atoms with Gasteiger partial charge in [0.15, 0.2) is 11.5 Å². The number of aromatic amines is 1. The number of imidazole rings is 1. The van der Waals surface area contributed by atoms with Gasteiger partial charge in [-0.15, -0.1) is 0 Å². The van der Waals surface area contributed by atoms with Crippen molar-refractivity contribution >= 4 is 17.0 Å². The molecule has 5 heteroatoms. The first-order chi connectivity index (χ1) is 6.93. The van der Waals surface area contributed by atoms with Gasteiger partial charge in [0.1, 0.15) is 11.8 Å². The van der Waals surface area contributed by atoms with Crippen molar-refractivity contribution in [1.29, 1.82) is 0 Å². The van der Waals surface area contributed by atoms with E-state index in [1.165, 1.54) is 12.8 Å². The lowest BCUT2D eigenvalue weighted by Crippen LogP contribution is -2.05. The molecule has 0 amide bonds. The third kappa shape index (κ3) is 1.30. The molecule has 5 nitrogen and oxygen atoms in total. The zero-order valence-electron chi connectivity index (χ0n) is 7.70. The molecule has 0 atom stereocenters. The highest BCUT2D eigenvalue weighted by Crippen LogP contribution is 2.29. The van der Waals surface area contributed by atoms with Crippen LogP contribution in [0.1, 0.15) is 12.8 Å². The van der Waals surface area contributed by atoms with Crippen LogP contribution >= 0.6 is 0 Å². The SMILES string of the molecule is c1nc(NCC2CC2)c2[nH]cnc2n1. The molecule has 0 unspecified atom stereocenters. The average molecular weight is 189 g/mol. The summed E-state index contributed by atoms with van der Waals surface area (Å²) in [5, 5.41) is 3.31. The largest absolute Gasteiger partial charge is 0.368 e. The third-order valence-corrected chi connectivity index (χ3v) is 2.48. The molecular formula is C9H11N5. The molecule has 1 fully saturated rings. The van der Waals surface area contributed by atoms with Gasteiger partial charge in [0.25, 0.3) is 0 Å². The summed E-state index contributed by atoms with van der Waals surface area (Å²) in [6, 6.07) is 0. The molecule has 0 saturated heterocycles. The van der Waals surface area contributed by atoms with Crippen LogP contribution in [-0.4, -0.2) is 26.5 Å². The topological polar surface area (TPSA) is 66.5 Å². The molecule has 1 aliphatic carbocycles. The van der Waals surface area contributed by atoms with Crippen molar-refractivity contribution in [3.8, 4) is 0 Å². The van der Waals surface area contributed by atoms with Gasteiger partial charge in [-0.3, -0.25) is 0 Å². The second-order valence-corrected chi connectivity index (χ2v) is 3.65. The Kier molecular flexibility index (Phi) is 1.62. The molecule has 2 N–H and O–H groups in total. The minimum Gasteiger partial charge on any atom is -0.368 e. The first-order valence-electron chi connectivity index (χ1n) is 4.81. The zero-order valence-corrected chi connectivity index (χ0v) is 7.70. The lowest BCUT2D eigenvalue weighted by molar-refractivity contribution is 0.883. The molecule has 0 spiro atoms. The molecule has 2 aromatic rings. The number of aromatic nitrogens is 4. The number of nitrogens with zero attached hydrogens (tertiary/aromatic N) is 3. The van der Waals surface area contributed by atoms with Crippen LogP contribution in [0.4, 0.5) is 5.82 Å². The molecule has 0 aliphatic heterocycles. The van der Waals surface area contributed by atoms with Crippen molar-refractivity contribution in [2.75, 3.05) is 11.9 Å². The van der Waals surface area contributed by atoms with Crippen LogP contribution < -0.4 is 5.32 Å². The number of hydrogen-bond acceptors (Lipinski definition) is 4. The average Bonchev–Trinajstić information content (AvgIpc) is 2.91. The molecule has 0 bridgehead atoms. The molecule has 2 heterocycles. The lowest BCUT2D eigenvalue weighted by Gasteiger charge is -2.03. The normalized spacial score (nSPS) is 16.0. The van der Waals surface area contributed by atoms with Crippen LogP contribution in [0.25, 0.3) is 11.2 Å². The number of anilines is 1. The summed E-state index contributed by atoms with van der Waals surface area (Å²) < 4.78 is 0. The van der Waals surface area contributed by atoms with E-state index in [9.17, 15) is 0 Å². The summed E-state index contributed by atoms with van der Waals surface area (Å²) in [5.74, 6) is 1.70. The van der Waals surface area contributed by atoms with Crippen LogP contribution in [0.2, 0.25) is 0 Å². The van der Waals surface area contributed by atoms with Crippen molar-refractivity contribution in [2.45, 2.75) is 12.8 Å². The third-order valence-electron chi connectivity index (χ3n) is 2.48. The van der Waals surface area contributed by atoms with Gasteiger partial charge in [-0.1, -0.05) is 0 Å². The summed E-state index contributed by atoms with van der Waals surface area (Å²) >= 11 is 0. The molecule has 1 aliphatic rings. The standard InChI is InChI=1S/C9H11N5/c1-2-6(1)3-10-8-7-9(12-4-11-7)14-5-13-8/h4-6H,1-3H2,(H2,10,11,12,13,14). The Morgan fingerprint density at radius 1 is 1.36 bits per heavy atom. The molecule has 3 rings (SSSR count). The van der Waals surface area contributed by atoms with E-state index in [1.807, 2.05) is 0 Å². The number of rotatable bonds is 3. The smallest absolute Gasteiger partial charge is 0.182 e. The molecule has 72 valence electrons. The predicted molar refractivity (Wildman–Crippen MR) is 52.9 cm³/mol. The van der Waals surface area contributed by atoms with E-state index in [4.69, 9.17) is 0 Å². The molecular weight excluding hydrogens is 178 g/mol. The first kappa shape index (κ1) is 7.73. The van der Waals surface area contributed by atoms with E-state index in [-0.39, 0.29) is 0 Å². The Morgan fingerprint density at radius 3 is 3.14 bits per heavy atom. The monoisotopic (exact) mass is 189 g/mol. The second-order valence-electron chi connectivity index (χ2n) is 3.65. The molecule has 1 saturated carbocycles. The number of H-pyrrole nitrogens is 1. The Labute approximate surface area is 81.0 Å². The minimum absolute atomic E-state index is 0.721. The van der Waals surface area contributed by atoms with Gasteiger partial charge in [0.2, 0.25) is 0 Å². The van der Waals surface area contributed by atoms with Crippen molar-refractivity contribution in [2.24, 2.45) is 5.92 Å². The van der Waals surface area contributed by atoms with Crippen molar-refractivity contribution in [3.63, 3.8) is 0 Å². The fourth-order valence-electron chi connectivity index (χ4n) is 1.46. The van der Waals surface area contributed by atoms with E-state index in [2.05, 4.69) is 25.3 Å². The lowest BCUT2D eigenvalue weighted by atomic mass is 10.4. The Hall–Kier alpha value is -1.65. The summed E-state index contributed by atoms with van der Waals surface area (Å²) in [4.78, 5) is 15.3. The predicted octanol–water partition coefficient (Wildman–Crippen LogP) is 1.17. The Bertz CT molecular complexity index is 445. The van der Waals surface area contributed by atoms with Crippen molar-refractivity contribution in [3.05, 3.63) is 12.7 Å². The highest BCUT2D eigenvalue weighted by molar-refractivity contribution is 5.81. The van der Waals surface area contributed by atoms with Crippen LogP contribution in [0.3, 0.4) is 0 Å². The van der Waals surface area contributed by atoms with Gasteiger partial charge >= 0.3 is 0 Å². The number of nitrogens with one attached hydrogen (secondary N) is 2. The van der Waals surface area contributed by atoms with Crippen LogP contribution in [0.5, 0.6) is 0 Å². The quantitative estimate of drug-likeness (QED) is 0.760. The van der Waals surface area contributed by atoms with E-state index in [0.717, 1.165) is 29.4 Å². The van der Waals surface area contributed by atoms with Gasteiger partial charge in [-0.05, 0) is 18.8 Å². The summed E-state index contributed by atoms with van der Waals surface area (Å²) in [6.07, 6.45) is 5.86. The van der Waals surface area contributed by atoms with Gasteiger partial charge < -0.3 is 10.3 Å². The molecule has 0 aromatic carbocycles. The van der Waals surface area contributed by atoms with Crippen LogP contribution in [-0.2, 0) is 0 Å². The van der Waals surface area contributed by atoms with Gasteiger partial charge in [0.05, 0.1) is 6.33 Å². The van der Waals surface area contributed by atoms with E-state index >= 15 is 0 Å². The molecule has 0 radical (unpaired) electrons. The maximum Gasteiger partial charge on any atom is 0.182 e. The fraction of sp³-hybridized carbons (Fsp3) is 0.444. The van der Waals surface area contributed by atoms with Gasteiger partial charge in [0, 0.05) is 6.54 Å². The minimum atomic E-state index is 0.721. The Morgan fingerprint density at radius 2 is 2.29 bits per heavy atom. The van der Waals surface area contributed by atoms with E-state index < -0.39 is 0 Å². The first-order valence-corrected chi connectivity index (χ1v) is 4.81. The maximum atomic E-state index is 4.19. The fourth-order valence-corrected chi connectivity index (χ4v) is 1.46. The zero-order chi connectivity index (χ0) is 9.38. The summed E-state index contributed by atoms with van der Waals surface area (Å²) in [5.41, 5.74) is 1.62. The second kappa shape index (κ2) is 2.94. The number of hydrogen-bond donors (Lipinski definition) is 2. The van der Waals surface area contributed by atoms with Gasteiger partial charge in [-0.25, -0.2) is 15.0 Å². The Balaban J connectivity index is 1.89. The molecule has 14 heavy (non-hydrogen) atoms. The highest BCUT2D eigenvalue weighted by Gasteiger charge is 2.21. The van der Waals surface area contributed by atoms with E-state index in [0.29, 0.717) is 0 Å². The molecule has 2 aromatic heterocycles.